The molecule has 0 aliphatic rings. The lowest BCUT2D eigenvalue weighted by molar-refractivity contribution is -0.137. The number of nitrogens with two attached hydrogens (primary N) is 3. The van der Waals surface area contributed by atoms with Crippen molar-refractivity contribution in [3.05, 3.63) is 28.8 Å². The molecule has 0 fully saturated rings. The van der Waals surface area contributed by atoms with Gasteiger partial charge in [0.1, 0.15) is 0 Å². The third kappa shape index (κ3) is 3.81. The van der Waals surface area contributed by atoms with E-state index in [1.807, 2.05) is 0 Å². The van der Waals surface area contributed by atoms with Gasteiger partial charge in [-0.2, -0.15) is 18.2 Å². The summed E-state index contributed by atoms with van der Waals surface area (Å²) < 4.78 is 37.1. The molecular weight excluding hydrogens is 271 g/mol. The average Bonchev–Trinajstić information content (AvgIpc) is 2.18. The largest absolute Gasteiger partial charge is 0.416 e. The van der Waals surface area contributed by atoms with E-state index in [0.717, 1.165) is 18.2 Å². The number of aliphatic imine (C=N–C) groups is 2. The summed E-state index contributed by atoms with van der Waals surface area (Å²) in [5.41, 5.74) is 14.6. The molecular formula is C9H9ClF3N5. The molecule has 1 rings (SSSR count). The van der Waals surface area contributed by atoms with Crippen molar-refractivity contribution in [3.63, 3.8) is 0 Å². The molecule has 9 heteroatoms. The van der Waals surface area contributed by atoms with Gasteiger partial charge in [-0.15, -0.1) is 0 Å². The Labute approximate surface area is 105 Å². The quantitative estimate of drug-likeness (QED) is 0.537. The fraction of sp³-hybridized carbons (Fsp3) is 0.111. The van der Waals surface area contributed by atoms with E-state index in [2.05, 4.69) is 9.98 Å². The standard InChI is InChI=1S/C9H9ClF3N5/c10-5-3-4(9(11,12)13)1-2-6(5)17-8(16)18-7(14)15/h1-3H,(H6,14,15,16,17,18). The van der Waals surface area contributed by atoms with Crippen LogP contribution in [0.15, 0.2) is 28.2 Å². The summed E-state index contributed by atoms with van der Waals surface area (Å²) in [6.07, 6.45) is -4.47. The lowest BCUT2D eigenvalue weighted by Gasteiger charge is -2.07. The van der Waals surface area contributed by atoms with Crippen molar-refractivity contribution in [1.82, 2.24) is 0 Å². The Morgan fingerprint density at radius 1 is 1.17 bits per heavy atom. The number of benzene rings is 1. The number of nitrogens with zero attached hydrogens (tertiary/aromatic N) is 2. The molecule has 0 radical (unpaired) electrons. The van der Waals surface area contributed by atoms with Crippen molar-refractivity contribution in [2.75, 3.05) is 0 Å². The van der Waals surface area contributed by atoms with Gasteiger partial charge in [0.05, 0.1) is 16.3 Å². The molecule has 0 amide bonds. The summed E-state index contributed by atoms with van der Waals surface area (Å²) in [6.45, 7) is 0. The first-order chi connectivity index (χ1) is 8.20. The minimum Gasteiger partial charge on any atom is -0.370 e. The molecule has 0 saturated heterocycles. The van der Waals surface area contributed by atoms with Gasteiger partial charge >= 0.3 is 6.18 Å². The van der Waals surface area contributed by atoms with Crippen LogP contribution in [0.2, 0.25) is 5.02 Å². The van der Waals surface area contributed by atoms with Crippen LogP contribution in [0.4, 0.5) is 18.9 Å². The van der Waals surface area contributed by atoms with E-state index in [4.69, 9.17) is 28.8 Å². The van der Waals surface area contributed by atoms with E-state index in [-0.39, 0.29) is 22.6 Å². The molecule has 0 heterocycles. The van der Waals surface area contributed by atoms with Crippen molar-refractivity contribution < 1.29 is 13.2 Å². The van der Waals surface area contributed by atoms with E-state index in [0.29, 0.717) is 0 Å². The Balaban J connectivity index is 3.11. The van der Waals surface area contributed by atoms with E-state index >= 15 is 0 Å². The third-order valence-electron chi connectivity index (χ3n) is 1.75. The van der Waals surface area contributed by atoms with Crippen molar-refractivity contribution in [2.45, 2.75) is 6.18 Å². The summed E-state index contributed by atoms with van der Waals surface area (Å²) in [7, 11) is 0. The smallest absolute Gasteiger partial charge is 0.370 e. The maximum atomic E-state index is 12.4. The Kier molecular flexibility index (Phi) is 4.02. The first kappa shape index (κ1) is 14.1. The van der Waals surface area contributed by atoms with Gasteiger partial charge in [0.15, 0.2) is 5.96 Å². The molecule has 5 nitrogen and oxygen atoms in total. The zero-order chi connectivity index (χ0) is 13.9. The van der Waals surface area contributed by atoms with Crippen LogP contribution < -0.4 is 17.2 Å². The molecule has 0 bridgehead atoms. The van der Waals surface area contributed by atoms with Crippen molar-refractivity contribution in [3.8, 4) is 0 Å². The summed E-state index contributed by atoms with van der Waals surface area (Å²) in [5, 5.41) is -0.210. The van der Waals surface area contributed by atoms with Crippen molar-refractivity contribution in [2.24, 2.45) is 27.2 Å². The molecule has 0 aliphatic heterocycles. The summed E-state index contributed by atoms with van der Waals surface area (Å²) in [4.78, 5) is 7.07. The molecule has 0 unspecified atom stereocenters. The average molecular weight is 280 g/mol. The molecule has 0 spiro atoms. The normalized spacial score (nSPS) is 12.3. The van der Waals surface area contributed by atoms with Gasteiger partial charge in [0.2, 0.25) is 5.96 Å². The Hall–Kier alpha value is -1.96. The lowest BCUT2D eigenvalue weighted by Crippen LogP contribution is -2.26. The number of rotatable bonds is 1. The summed E-state index contributed by atoms with van der Waals surface area (Å²) in [6, 6.07) is 2.64. The van der Waals surface area contributed by atoms with Gasteiger partial charge in [0.25, 0.3) is 0 Å². The molecule has 0 aliphatic carbocycles. The van der Waals surface area contributed by atoms with Gasteiger partial charge in [-0.1, -0.05) is 11.6 Å². The fourth-order valence-electron chi connectivity index (χ4n) is 1.05. The zero-order valence-corrected chi connectivity index (χ0v) is 9.63. The number of halogens is 4. The second-order valence-corrected chi connectivity index (χ2v) is 3.58. The van der Waals surface area contributed by atoms with Crippen LogP contribution in [-0.2, 0) is 6.18 Å². The number of hydrogen-bond acceptors (Lipinski definition) is 1. The minimum atomic E-state index is -4.47. The zero-order valence-electron chi connectivity index (χ0n) is 8.87. The van der Waals surface area contributed by atoms with E-state index < -0.39 is 11.7 Å². The van der Waals surface area contributed by atoms with Crippen LogP contribution in [0.3, 0.4) is 0 Å². The topological polar surface area (TPSA) is 103 Å². The Bertz CT molecular complexity index is 505. The van der Waals surface area contributed by atoms with Gasteiger partial charge < -0.3 is 17.2 Å². The van der Waals surface area contributed by atoms with Crippen LogP contribution in [0.25, 0.3) is 0 Å². The van der Waals surface area contributed by atoms with Gasteiger partial charge in [-0.05, 0) is 18.2 Å². The van der Waals surface area contributed by atoms with E-state index in [1.165, 1.54) is 0 Å². The molecule has 1 aromatic carbocycles. The highest BCUT2D eigenvalue weighted by Crippen LogP contribution is 2.34. The third-order valence-corrected chi connectivity index (χ3v) is 2.06. The van der Waals surface area contributed by atoms with Crippen molar-refractivity contribution in [1.29, 1.82) is 0 Å². The molecule has 98 valence electrons. The van der Waals surface area contributed by atoms with Crippen LogP contribution in [0.1, 0.15) is 5.56 Å². The predicted octanol–water partition coefficient (Wildman–Crippen LogP) is 1.58. The molecule has 18 heavy (non-hydrogen) atoms. The first-order valence-electron chi connectivity index (χ1n) is 4.50. The summed E-state index contributed by atoms with van der Waals surface area (Å²) in [5.74, 6) is -0.629. The van der Waals surface area contributed by atoms with Gasteiger partial charge in [-0.25, -0.2) is 4.99 Å². The second-order valence-electron chi connectivity index (χ2n) is 3.17. The van der Waals surface area contributed by atoms with E-state index in [9.17, 15) is 13.2 Å². The maximum absolute atomic E-state index is 12.4. The van der Waals surface area contributed by atoms with E-state index in [1.54, 1.807) is 0 Å². The molecule has 0 aromatic heterocycles. The molecule has 0 saturated carbocycles. The van der Waals surface area contributed by atoms with Crippen LogP contribution in [0, 0.1) is 0 Å². The maximum Gasteiger partial charge on any atom is 0.416 e. The van der Waals surface area contributed by atoms with Gasteiger partial charge in [0, 0.05) is 0 Å². The Morgan fingerprint density at radius 2 is 1.78 bits per heavy atom. The second kappa shape index (κ2) is 5.13. The highest BCUT2D eigenvalue weighted by Gasteiger charge is 2.30. The monoisotopic (exact) mass is 279 g/mol. The highest BCUT2D eigenvalue weighted by atomic mass is 35.5. The minimum absolute atomic E-state index is 0.0344. The number of alkyl halides is 3. The summed E-state index contributed by atoms with van der Waals surface area (Å²) >= 11 is 5.64. The van der Waals surface area contributed by atoms with Crippen LogP contribution >= 0.6 is 11.6 Å². The fourth-order valence-corrected chi connectivity index (χ4v) is 1.28. The number of guanidine groups is 2. The molecule has 0 atom stereocenters. The predicted molar refractivity (Wildman–Crippen MR) is 63.5 cm³/mol. The SMILES string of the molecule is NC(N)=NC(N)=Nc1ccc(C(F)(F)F)cc1Cl. The number of hydrogen-bond donors (Lipinski definition) is 3. The van der Waals surface area contributed by atoms with Gasteiger partial charge in [-0.3, -0.25) is 0 Å². The Morgan fingerprint density at radius 3 is 2.22 bits per heavy atom. The molecule has 1 aromatic rings. The van der Waals surface area contributed by atoms with Crippen LogP contribution in [-0.4, -0.2) is 11.9 Å². The highest BCUT2D eigenvalue weighted by molar-refractivity contribution is 6.33. The molecule has 6 N–H and O–H groups in total. The first-order valence-corrected chi connectivity index (χ1v) is 4.88. The van der Waals surface area contributed by atoms with Crippen LogP contribution in [0.5, 0.6) is 0 Å². The lowest BCUT2D eigenvalue weighted by atomic mass is 10.2. The van der Waals surface area contributed by atoms with Crippen molar-refractivity contribution >= 4 is 29.2 Å².